The molecule has 1 aromatic heterocycles. The molecule has 0 bridgehead atoms. The van der Waals surface area contributed by atoms with Gasteiger partial charge in [0.2, 0.25) is 0 Å². The molecule has 0 aliphatic heterocycles. The maximum atomic E-state index is 4.15. The summed E-state index contributed by atoms with van der Waals surface area (Å²) >= 11 is 5.65. The van der Waals surface area contributed by atoms with E-state index in [1.807, 2.05) is 0 Å². The summed E-state index contributed by atoms with van der Waals surface area (Å²) < 4.78 is 2.16. The van der Waals surface area contributed by atoms with Crippen LogP contribution in [0.15, 0.2) is 35.1 Å². The van der Waals surface area contributed by atoms with Gasteiger partial charge in [0.25, 0.3) is 0 Å². The molecule has 1 heterocycles. The summed E-state index contributed by atoms with van der Waals surface area (Å²) in [5, 5.41) is 0. The van der Waals surface area contributed by atoms with Crippen molar-refractivity contribution in [3.05, 3.63) is 50.0 Å². The van der Waals surface area contributed by atoms with Crippen LogP contribution >= 0.6 is 38.5 Å². The van der Waals surface area contributed by atoms with E-state index in [1.54, 1.807) is 6.33 Å². The van der Waals surface area contributed by atoms with E-state index in [9.17, 15) is 0 Å². The van der Waals surface area contributed by atoms with Gasteiger partial charge < -0.3 is 4.98 Å². The Morgan fingerprint density at radius 3 is 2.57 bits per heavy atom. The molecule has 0 radical (unpaired) electrons. The zero-order valence-electron chi connectivity index (χ0n) is 7.30. The smallest absolute Gasteiger partial charge is 0.122 e. The van der Waals surface area contributed by atoms with Gasteiger partial charge in [-0.05, 0) is 40.3 Å². The molecule has 0 saturated heterocycles. The fraction of sp³-hybridized carbons (Fsp3) is 0.100. The molecule has 2 rings (SSSR count). The zero-order valence-corrected chi connectivity index (χ0v) is 11.0. The highest BCUT2D eigenvalue weighted by atomic mass is 127. The van der Waals surface area contributed by atoms with Gasteiger partial charge in [0.1, 0.15) is 3.70 Å². The summed E-state index contributed by atoms with van der Waals surface area (Å²) in [4.78, 5) is 7.29. The van der Waals surface area contributed by atoms with Crippen LogP contribution in [0.4, 0.5) is 0 Å². The topological polar surface area (TPSA) is 28.7 Å². The van der Waals surface area contributed by atoms with Gasteiger partial charge >= 0.3 is 0 Å². The van der Waals surface area contributed by atoms with Crippen molar-refractivity contribution >= 4 is 38.5 Å². The second kappa shape index (κ2) is 4.44. The van der Waals surface area contributed by atoms with Gasteiger partial charge in [0.15, 0.2) is 0 Å². The fourth-order valence-corrected chi connectivity index (χ4v) is 1.98. The van der Waals surface area contributed by atoms with Crippen molar-refractivity contribution in [1.82, 2.24) is 9.97 Å². The third kappa shape index (κ3) is 2.36. The lowest BCUT2D eigenvalue weighted by atomic mass is 10.1. The molecule has 1 aromatic carbocycles. The van der Waals surface area contributed by atoms with Gasteiger partial charge in [0, 0.05) is 10.9 Å². The van der Waals surface area contributed by atoms with Crippen molar-refractivity contribution in [2.75, 3.05) is 0 Å². The minimum absolute atomic E-state index is 0.908. The summed E-state index contributed by atoms with van der Waals surface area (Å²) in [6.45, 7) is 0. The van der Waals surface area contributed by atoms with Crippen LogP contribution in [0.5, 0.6) is 0 Å². The van der Waals surface area contributed by atoms with Crippen molar-refractivity contribution in [2.24, 2.45) is 0 Å². The number of hydrogen-bond donors (Lipinski definition) is 1. The van der Waals surface area contributed by atoms with Gasteiger partial charge in [-0.3, -0.25) is 0 Å². The largest absolute Gasteiger partial charge is 0.347 e. The van der Waals surface area contributed by atoms with Crippen LogP contribution < -0.4 is 0 Å². The second-order valence-electron chi connectivity index (χ2n) is 2.98. The highest BCUT2D eigenvalue weighted by Crippen LogP contribution is 2.15. The second-order valence-corrected chi connectivity index (χ2v) is 4.91. The monoisotopic (exact) mass is 362 g/mol. The molecule has 0 fully saturated rings. The maximum absolute atomic E-state index is 4.15. The van der Waals surface area contributed by atoms with E-state index >= 15 is 0 Å². The molecule has 0 atom stereocenters. The predicted molar refractivity (Wildman–Crippen MR) is 68.3 cm³/mol. The first-order valence-electron chi connectivity index (χ1n) is 4.18. The van der Waals surface area contributed by atoms with Gasteiger partial charge in [-0.25, -0.2) is 4.98 Å². The summed E-state index contributed by atoms with van der Waals surface area (Å²) in [7, 11) is 0. The Bertz CT molecular complexity index is 422. The highest BCUT2D eigenvalue weighted by Gasteiger charge is 2.02. The normalized spacial score (nSPS) is 10.4. The van der Waals surface area contributed by atoms with Crippen LogP contribution in [0.1, 0.15) is 11.3 Å². The van der Waals surface area contributed by atoms with E-state index in [0.29, 0.717) is 0 Å². The van der Waals surface area contributed by atoms with E-state index in [1.165, 1.54) is 11.3 Å². The molecule has 72 valence electrons. The first-order valence-corrected chi connectivity index (χ1v) is 6.05. The van der Waals surface area contributed by atoms with Crippen LogP contribution in [-0.2, 0) is 6.42 Å². The minimum Gasteiger partial charge on any atom is -0.347 e. The van der Waals surface area contributed by atoms with Crippen molar-refractivity contribution in [3.63, 3.8) is 0 Å². The quantitative estimate of drug-likeness (QED) is 0.815. The Kier molecular flexibility index (Phi) is 3.22. The van der Waals surface area contributed by atoms with Crippen LogP contribution in [0.2, 0.25) is 0 Å². The number of benzene rings is 1. The van der Waals surface area contributed by atoms with Gasteiger partial charge in [-0.1, -0.05) is 28.1 Å². The Morgan fingerprint density at radius 1 is 1.29 bits per heavy atom. The van der Waals surface area contributed by atoms with E-state index in [2.05, 4.69) is 72.8 Å². The summed E-state index contributed by atoms with van der Waals surface area (Å²) in [6, 6.07) is 8.33. The van der Waals surface area contributed by atoms with Crippen molar-refractivity contribution in [3.8, 4) is 0 Å². The van der Waals surface area contributed by atoms with Crippen molar-refractivity contribution in [2.45, 2.75) is 6.42 Å². The molecule has 1 N–H and O–H groups in total. The van der Waals surface area contributed by atoms with Gasteiger partial charge in [-0.2, -0.15) is 0 Å². The van der Waals surface area contributed by atoms with Crippen LogP contribution in [-0.4, -0.2) is 9.97 Å². The van der Waals surface area contributed by atoms with E-state index in [4.69, 9.17) is 0 Å². The molecule has 0 amide bonds. The van der Waals surface area contributed by atoms with E-state index < -0.39 is 0 Å². The third-order valence-corrected chi connectivity index (χ3v) is 3.42. The lowest BCUT2D eigenvalue weighted by Crippen LogP contribution is -1.90. The molecule has 0 unspecified atom stereocenters. The number of aromatic nitrogens is 2. The van der Waals surface area contributed by atoms with Crippen molar-refractivity contribution < 1.29 is 0 Å². The minimum atomic E-state index is 0.908. The molecule has 0 saturated carbocycles. The number of aromatic amines is 1. The maximum Gasteiger partial charge on any atom is 0.122 e. The zero-order chi connectivity index (χ0) is 9.97. The molecular formula is C10H8BrIN2. The SMILES string of the molecule is Brc1ccc(Cc2[nH]cnc2I)cc1. The molecule has 14 heavy (non-hydrogen) atoms. The molecule has 0 aliphatic carbocycles. The summed E-state index contributed by atoms with van der Waals surface area (Å²) in [6.07, 6.45) is 2.64. The molecule has 4 heteroatoms. The lowest BCUT2D eigenvalue weighted by molar-refractivity contribution is 1.09. The lowest BCUT2D eigenvalue weighted by Gasteiger charge is -1.99. The molecular weight excluding hydrogens is 355 g/mol. The Morgan fingerprint density at radius 2 is 2.00 bits per heavy atom. The average molecular weight is 363 g/mol. The number of rotatable bonds is 2. The fourth-order valence-electron chi connectivity index (χ4n) is 1.23. The first-order chi connectivity index (χ1) is 6.75. The van der Waals surface area contributed by atoms with Gasteiger partial charge in [-0.15, -0.1) is 0 Å². The van der Waals surface area contributed by atoms with Crippen LogP contribution in [0.3, 0.4) is 0 Å². The van der Waals surface area contributed by atoms with Crippen LogP contribution in [0, 0.1) is 3.70 Å². The Hall–Kier alpha value is -0.360. The van der Waals surface area contributed by atoms with E-state index in [-0.39, 0.29) is 0 Å². The first kappa shape index (κ1) is 10.2. The third-order valence-electron chi connectivity index (χ3n) is 1.96. The summed E-state index contributed by atoms with van der Waals surface area (Å²) in [5.41, 5.74) is 2.46. The Labute approximate surface area is 104 Å². The molecule has 0 aliphatic rings. The van der Waals surface area contributed by atoms with Crippen molar-refractivity contribution in [1.29, 1.82) is 0 Å². The number of nitrogens with one attached hydrogen (secondary N) is 1. The molecule has 0 spiro atoms. The van der Waals surface area contributed by atoms with Crippen LogP contribution in [0.25, 0.3) is 0 Å². The number of hydrogen-bond acceptors (Lipinski definition) is 1. The summed E-state index contributed by atoms with van der Waals surface area (Å²) in [5.74, 6) is 0. The standard InChI is InChI=1S/C10H8BrIN2/c11-8-3-1-7(2-4-8)5-9-10(12)14-6-13-9/h1-4,6H,5H2,(H,13,14). The Balaban J connectivity index is 2.19. The average Bonchev–Trinajstić information content (AvgIpc) is 2.56. The highest BCUT2D eigenvalue weighted by molar-refractivity contribution is 14.1. The predicted octanol–water partition coefficient (Wildman–Crippen LogP) is 3.37. The number of nitrogens with zero attached hydrogens (tertiary/aromatic N) is 1. The number of H-pyrrole nitrogens is 1. The van der Waals surface area contributed by atoms with E-state index in [0.717, 1.165) is 14.6 Å². The number of imidazole rings is 1. The molecule has 2 nitrogen and oxygen atoms in total. The molecule has 2 aromatic rings. The van der Waals surface area contributed by atoms with Gasteiger partial charge in [0.05, 0.1) is 12.0 Å². The number of halogens is 2.